The first-order valence-corrected chi connectivity index (χ1v) is 10.7. The van der Waals surface area contributed by atoms with Crippen molar-refractivity contribution in [3.63, 3.8) is 0 Å². The smallest absolute Gasteiger partial charge is 0.325 e. The predicted octanol–water partition coefficient (Wildman–Crippen LogP) is 3.55. The van der Waals surface area contributed by atoms with Crippen LogP contribution in [0.5, 0.6) is 0 Å². The second-order valence-electron chi connectivity index (χ2n) is 8.91. The zero-order valence-corrected chi connectivity index (χ0v) is 17.8. The van der Waals surface area contributed by atoms with Gasteiger partial charge in [0.15, 0.2) is 0 Å². The normalized spacial score (nSPS) is 29.2. The van der Waals surface area contributed by atoms with Crippen LogP contribution in [0.2, 0.25) is 0 Å². The van der Waals surface area contributed by atoms with Crippen molar-refractivity contribution in [2.45, 2.75) is 51.6 Å². The molecule has 1 aliphatic heterocycles. The molecule has 4 rings (SSSR count). The number of rotatable bonds is 4. The van der Waals surface area contributed by atoms with E-state index in [2.05, 4.69) is 24.5 Å². The Labute approximate surface area is 177 Å². The molecule has 158 valence electrons. The molecule has 1 saturated carbocycles. The van der Waals surface area contributed by atoms with Gasteiger partial charge in [-0.05, 0) is 41.5 Å². The molecular formula is C24H29N3O3. The van der Waals surface area contributed by atoms with Crippen molar-refractivity contribution in [3.8, 4) is 0 Å². The van der Waals surface area contributed by atoms with Crippen molar-refractivity contribution < 1.29 is 14.4 Å². The quantitative estimate of drug-likeness (QED) is 0.761. The lowest BCUT2D eigenvalue weighted by Gasteiger charge is -2.34. The van der Waals surface area contributed by atoms with Crippen molar-refractivity contribution >= 4 is 28.6 Å². The Morgan fingerprint density at radius 2 is 1.87 bits per heavy atom. The van der Waals surface area contributed by atoms with E-state index in [0.717, 1.165) is 34.1 Å². The number of benzene rings is 2. The standard InChI is InChI=1S/C24H29N3O3/c1-15-8-6-13-20(16(15)2)25-21(28)14-27-22(29)24(3,26-23(27)30)19-12-7-10-17-9-4-5-11-18(17)19/h4-5,7,9-12,15-16,20H,6,8,13-14H2,1-3H3,(H,25,28)(H,26,30)/t15-,16-,20+,24-/m1/s1. The Balaban J connectivity index is 1.53. The molecule has 30 heavy (non-hydrogen) atoms. The summed E-state index contributed by atoms with van der Waals surface area (Å²) in [5.74, 6) is 0.248. The molecule has 1 heterocycles. The highest BCUT2D eigenvalue weighted by Gasteiger charge is 2.50. The number of nitrogens with zero attached hydrogens (tertiary/aromatic N) is 1. The minimum absolute atomic E-state index is 0.0893. The van der Waals surface area contributed by atoms with Crippen LogP contribution in [-0.4, -0.2) is 35.3 Å². The second kappa shape index (κ2) is 7.74. The molecule has 2 fully saturated rings. The molecule has 2 N–H and O–H groups in total. The molecule has 1 aliphatic carbocycles. The first-order chi connectivity index (χ1) is 14.3. The number of carbonyl (C=O) groups excluding carboxylic acids is 3. The van der Waals surface area contributed by atoms with Gasteiger partial charge in [0.25, 0.3) is 5.91 Å². The average molecular weight is 408 g/mol. The van der Waals surface area contributed by atoms with E-state index in [1.165, 1.54) is 6.42 Å². The van der Waals surface area contributed by atoms with E-state index >= 15 is 0 Å². The summed E-state index contributed by atoms with van der Waals surface area (Å²) in [6.45, 7) is 5.80. The summed E-state index contributed by atoms with van der Waals surface area (Å²) >= 11 is 0. The molecule has 2 aliphatic rings. The highest BCUT2D eigenvalue weighted by molar-refractivity contribution is 6.10. The molecule has 0 bridgehead atoms. The van der Waals surface area contributed by atoms with Crippen molar-refractivity contribution in [3.05, 3.63) is 48.0 Å². The van der Waals surface area contributed by atoms with Gasteiger partial charge in [0.05, 0.1) is 0 Å². The van der Waals surface area contributed by atoms with Gasteiger partial charge in [-0.15, -0.1) is 0 Å². The number of imide groups is 1. The molecule has 4 atom stereocenters. The fraction of sp³-hybridized carbons (Fsp3) is 0.458. The van der Waals surface area contributed by atoms with Crippen molar-refractivity contribution in [2.75, 3.05) is 6.54 Å². The van der Waals surface area contributed by atoms with Crippen LogP contribution in [0.25, 0.3) is 10.8 Å². The van der Waals surface area contributed by atoms with Crippen LogP contribution >= 0.6 is 0 Å². The van der Waals surface area contributed by atoms with Gasteiger partial charge in [-0.2, -0.15) is 0 Å². The first kappa shape index (κ1) is 20.4. The maximum Gasteiger partial charge on any atom is 0.325 e. The van der Waals surface area contributed by atoms with Gasteiger partial charge in [0.1, 0.15) is 12.1 Å². The summed E-state index contributed by atoms with van der Waals surface area (Å²) in [5, 5.41) is 7.78. The summed E-state index contributed by atoms with van der Waals surface area (Å²) in [6, 6.07) is 13.0. The van der Waals surface area contributed by atoms with E-state index in [1.807, 2.05) is 42.5 Å². The highest BCUT2D eigenvalue weighted by Crippen LogP contribution is 2.34. The fourth-order valence-corrected chi connectivity index (χ4v) is 4.87. The van der Waals surface area contributed by atoms with Gasteiger partial charge in [-0.3, -0.25) is 14.5 Å². The Hall–Kier alpha value is -2.89. The largest absolute Gasteiger partial charge is 0.352 e. The van der Waals surface area contributed by atoms with Crippen LogP contribution in [0.15, 0.2) is 42.5 Å². The van der Waals surface area contributed by atoms with Crippen LogP contribution in [0.3, 0.4) is 0 Å². The van der Waals surface area contributed by atoms with Gasteiger partial charge in [0.2, 0.25) is 5.91 Å². The maximum absolute atomic E-state index is 13.3. The van der Waals surface area contributed by atoms with Gasteiger partial charge in [-0.25, -0.2) is 4.79 Å². The summed E-state index contributed by atoms with van der Waals surface area (Å²) in [6.07, 6.45) is 3.19. The molecule has 0 aromatic heterocycles. The summed E-state index contributed by atoms with van der Waals surface area (Å²) in [7, 11) is 0. The number of urea groups is 1. The van der Waals surface area contributed by atoms with Crippen LogP contribution in [0.4, 0.5) is 4.79 Å². The molecule has 0 unspecified atom stereocenters. The highest BCUT2D eigenvalue weighted by atomic mass is 16.2. The fourth-order valence-electron chi connectivity index (χ4n) is 4.87. The third-order valence-corrected chi connectivity index (χ3v) is 6.96. The first-order valence-electron chi connectivity index (χ1n) is 10.7. The topological polar surface area (TPSA) is 78.5 Å². The number of amides is 4. The van der Waals surface area contributed by atoms with E-state index in [9.17, 15) is 14.4 Å². The molecule has 6 nitrogen and oxygen atoms in total. The maximum atomic E-state index is 13.3. The third kappa shape index (κ3) is 3.44. The monoisotopic (exact) mass is 407 g/mol. The molecule has 1 saturated heterocycles. The van der Waals surface area contributed by atoms with Crippen LogP contribution in [0.1, 0.15) is 45.6 Å². The molecule has 0 radical (unpaired) electrons. The van der Waals surface area contributed by atoms with Gasteiger partial charge < -0.3 is 10.6 Å². The van der Waals surface area contributed by atoms with Crippen molar-refractivity contribution in [1.29, 1.82) is 0 Å². The third-order valence-electron chi connectivity index (χ3n) is 6.96. The second-order valence-corrected chi connectivity index (χ2v) is 8.91. The van der Waals surface area contributed by atoms with Gasteiger partial charge >= 0.3 is 6.03 Å². The van der Waals surface area contributed by atoms with Gasteiger partial charge in [0, 0.05) is 6.04 Å². The molecule has 6 heteroatoms. The Bertz CT molecular complexity index is 999. The number of carbonyl (C=O) groups is 3. The summed E-state index contributed by atoms with van der Waals surface area (Å²) in [5.41, 5.74) is -0.471. The summed E-state index contributed by atoms with van der Waals surface area (Å²) in [4.78, 5) is 39.7. The minimum atomic E-state index is -1.20. The summed E-state index contributed by atoms with van der Waals surface area (Å²) < 4.78 is 0. The SMILES string of the molecule is C[C@@H]1[C@H](C)CCC[C@@H]1NC(=O)CN1C(=O)N[C@](C)(c2cccc3ccccc23)C1=O. The zero-order valence-electron chi connectivity index (χ0n) is 17.8. The van der Waals surface area contributed by atoms with Crippen LogP contribution in [-0.2, 0) is 15.1 Å². The molecular weight excluding hydrogens is 378 g/mol. The van der Waals surface area contributed by atoms with E-state index in [-0.39, 0.29) is 18.5 Å². The lowest BCUT2D eigenvalue weighted by atomic mass is 9.78. The number of nitrogens with one attached hydrogen (secondary N) is 2. The molecule has 4 amide bonds. The van der Waals surface area contributed by atoms with Crippen molar-refractivity contribution in [2.24, 2.45) is 11.8 Å². The lowest BCUT2D eigenvalue weighted by Crippen LogP contribution is -2.49. The van der Waals surface area contributed by atoms with Gasteiger partial charge in [-0.1, -0.05) is 69.2 Å². The molecule has 2 aromatic carbocycles. The Kier molecular flexibility index (Phi) is 5.26. The lowest BCUT2D eigenvalue weighted by molar-refractivity contribution is -0.135. The van der Waals surface area contributed by atoms with Crippen LogP contribution in [0, 0.1) is 11.8 Å². The van der Waals surface area contributed by atoms with Crippen molar-refractivity contribution in [1.82, 2.24) is 15.5 Å². The Morgan fingerprint density at radius 1 is 1.13 bits per heavy atom. The van der Waals surface area contributed by atoms with Crippen LogP contribution < -0.4 is 10.6 Å². The Morgan fingerprint density at radius 3 is 2.67 bits per heavy atom. The number of hydrogen-bond acceptors (Lipinski definition) is 3. The van der Waals surface area contributed by atoms with E-state index in [1.54, 1.807) is 6.92 Å². The van der Waals surface area contributed by atoms with E-state index < -0.39 is 17.5 Å². The molecule has 0 spiro atoms. The molecule has 2 aromatic rings. The average Bonchev–Trinajstić information content (AvgIpc) is 2.95. The number of fused-ring (bicyclic) bond motifs is 1. The zero-order chi connectivity index (χ0) is 21.5. The van der Waals surface area contributed by atoms with E-state index in [4.69, 9.17) is 0 Å². The van der Waals surface area contributed by atoms with E-state index in [0.29, 0.717) is 11.8 Å². The predicted molar refractivity (Wildman–Crippen MR) is 116 cm³/mol. The minimum Gasteiger partial charge on any atom is -0.352 e. The number of hydrogen-bond donors (Lipinski definition) is 2.